The van der Waals surface area contributed by atoms with E-state index in [1.54, 1.807) is 18.2 Å². The Bertz CT molecular complexity index is 1240. The van der Waals surface area contributed by atoms with Crippen LogP contribution in [0.25, 0.3) is 0 Å². The van der Waals surface area contributed by atoms with Gasteiger partial charge in [-0.3, -0.25) is 14.5 Å². The number of nitrogens with one attached hydrogen (secondary N) is 1. The largest absolute Gasteiger partial charge is 0.358 e. The number of aryl methyl sites for hydroxylation is 1. The van der Waals surface area contributed by atoms with Crippen LogP contribution in [0.4, 0.5) is 11.4 Å². The van der Waals surface area contributed by atoms with Crippen LogP contribution in [0.15, 0.2) is 47.4 Å². The smallest absolute Gasteiger partial charge is 0.250 e. The van der Waals surface area contributed by atoms with E-state index in [4.69, 9.17) is 0 Å². The molecule has 2 aromatic rings. The quantitative estimate of drug-likeness (QED) is 0.664. The zero-order valence-electron chi connectivity index (χ0n) is 20.1. The molecule has 186 valence electrons. The molecule has 2 amide bonds. The van der Waals surface area contributed by atoms with Gasteiger partial charge in [0, 0.05) is 26.2 Å². The van der Waals surface area contributed by atoms with Gasteiger partial charge >= 0.3 is 0 Å². The molecule has 5 rings (SSSR count). The molecule has 2 saturated heterocycles. The van der Waals surface area contributed by atoms with E-state index in [1.807, 2.05) is 31.2 Å². The van der Waals surface area contributed by atoms with Crippen LogP contribution < -0.4 is 15.1 Å². The first kappa shape index (κ1) is 23.8. The number of hydrogen-bond donors (Lipinski definition) is 1. The SMILES string of the molecule is Cc1cccc(CNC(=O)CN2C(=O)C3CCCCN3c3ccc(S(=O)(=O)N4CCCC4)cc32)c1. The first-order chi connectivity index (χ1) is 16.8. The van der Waals surface area contributed by atoms with E-state index in [0.717, 1.165) is 55.5 Å². The molecule has 9 heteroatoms. The van der Waals surface area contributed by atoms with E-state index in [2.05, 4.69) is 10.2 Å². The molecule has 8 nitrogen and oxygen atoms in total. The van der Waals surface area contributed by atoms with E-state index in [-0.39, 0.29) is 29.3 Å². The predicted molar refractivity (Wildman–Crippen MR) is 135 cm³/mol. The van der Waals surface area contributed by atoms with E-state index < -0.39 is 10.0 Å². The number of hydrogen-bond acceptors (Lipinski definition) is 5. The molecule has 0 radical (unpaired) electrons. The number of amides is 2. The minimum atomic E-state index is -3.64. The Morgan fingerprint density at radius 2 is 1.77 bits per heavy atom. The summed E-state index contributed by atoms with van der Waals surface area (Å²) in [4.78, 5) is 30.2. The maximum atomic E-state index is 13.5. The Kier molecular flexibility index (Phi) is 6.55. The predicted octanol–water partition coefficient (Wildman–Crippen LogP) is 2.80. The molecule has 1 atom stereocenters. The Morgan fingerprint density at radius 1 is 1.00 bits per heavy atom. The van der Waals surface area contributed by atoms with Gasteiger partial charge in [0.25, 0.3) is 0 Å². The Hall–Kier alpha value is -2.91. The number of rotatable bonds is 6. The van der Waals surface area contributed by atoms with Gasteiger partial charge in [0.15, 0.2) is 0 Å². The van der Waals surface area contributed by atoms with Gasteiger partial charge in [-0.25, -0.2) is 8.42 Å². The topological polar surface area (TPSA) is 90.0 Å². The van der Waals surface area contributed by atoms with Gasteiger partial charge in [-0.05, 0) is 62.8 Å². The van der Waals surface area contributed by atoms with E-state index in [1.165, 1.54) is 9.21 Å². The summed E-state index contributed by atoms with van der Waals surface area (Å²) < 4.78 is 28.0. The lowest BCUT2D eigenvalue weighted by atomic mass is 9.96. The first-order valence-corrected chi connectivity index (χ1v) is 13.8. The summed E-state index contributed by atoms with van der Waals surface area (Å²) in [5.41, 5.74) is 3.42. The third-order valence-electron chi connectivity index (χ3n) is 7.18. The summed E-state index contributed by atoms with van der Waals surface area (Å²) in [7, 11) is -3.64. The average molecular weight is 497 g/mol. The second kappa shape index (κ2) is 9.62. The Morgan fingerprint density at radius 3 is 2.54 bits per heavy atom. The summed E-state index contributed by atoms with van der Waals surface area (Å²) in [5.74, 6) is -0.415. The summed E-state index contributed by atoms with van der Waals surface area (Å²) in [6.07, 6.45) is 4.37. The molecule has 2 aromatic carbocycles. The van der Waals surface area contributed by atoms with Gasteiger partial charge in [-0.1, -0.05) is 29.8 Å². The summed E-state index contributed by atoms with van der Waals surface area (Å²) >= 11 is 0. The van der Waals surface area contributed by atoms with Crippen molar-refractivity contribution >= 4 is 33.2 Å². The highest BCUT2D eigenvalue weighted by molar-refractivity contribution is 7.89. The lowest BCUT2D eigenvalue weighted by molar-refractivity contribution is -0.125. The molecule has 3 heterocycles. The highest BCUT2D eigenvalue weighted by atomic mass is 32.2. The van der Waals surface area contributed by atoms with Gasteiger partial charge in [0.1, 0.15) is 12.6 Å². The lowest BCUT2D eigenvalue weighted by Crippen LogP contribution is -2.57. The van der Waals surface area contributed by atoms with Crippen molar-refractivity contribution in [3.8, 4) is 0 Å². The minimum Gasteiger partial charge on any atom is -0.358 e. The Labute approximate surface area is 206 Å². The molecule has 0 aromatic heterocycles. The number of anilines is 2. The fraction of sp³-hybridized carbons (Fsp3) is 0.462. The average Bonchev–Trinajstić information content (AvgIpc) is 3.41. The molecule has 1 unspecified atom stereocenters. The van der Waals surface area contributed by atoms with Crippen LogP contribution in [0, 0.1) is 6.92 Å². The van der Waals surface area contributed by atoms with Gasteiger partial charge in [-0.2, -0.15) is 4.31 Å². The van der Waals surface area contributed by atoms with E-state index in [9.17, 15) is 18.0 Å². The van der Waals surface area contributed by atoms with Crippen LogP contribution in [-0.4, -0.2) is 56.8 Å². The van der Waals surface area contributed by atoms with Crippen molar-refractivity contribution < 1.29 is 18.0 Å². The van der Waals surface area contributed by atoms with Gasteiger partial charge in [0.2, 0.25) is 21.8 Å². The van der Waals surface area contributed by atoms with Crippen LogP contribution in [0.1, 0.15) is 43.2 Å². The fourth-order valence-electron chi connectivity index (χ4n) is 5.36. The number of carbonyl (C=O) groups excluding carboxylic acids is 2. The molecule has 3 aliphatic rings. The highest BCUT2D eigenvalue weighted by Gasteiger charge is 2.41. The van der Waals surface area contributed by atoms with Crippen molar-refractivity contribution in [3.05, 3.63) is 53.6 Å². The maximum absolute atomic E-state index is 13.5. The second-order valence-corrected chi connectivity index (χ2v) is 11.6. The van der Waals surface area contributed by atoms with Crippen LogP contribution >= 0.6 is 0 Å². The van der Waals surface area contributed by atoms with Crippen LogP contribution in [-0.2, 0) is 26.2 Å². The summed E-state index contributed by atoms with van der Waals surface area (Å²) in [6.45, 7) is 3.99. The minimum absolute atomic E-state index is 0.140. The monoisotopic (exact) mass is 496 g/mol. The van der Waals surface area contributed by atoms with Crippen molar-refractivity contribution in [2.24, 2.45) is 0 Å². The number of benzene rings is 2. The van der Waals surface area contributed by atoms with Crippen LogP contribution in [0.3, 0.4) is 0 Å². The van der Waals surface area contributed by atoms with Crippen LogP contribution in [0.5, 0.6) is 0 Å². The van der Waals surface area contributed by atoms with E-state index in [0.29, 0.717) is 25.3 Å². The zero-order valence-corrected chi connectivity index (χ0v) is 20.9. The molecule has 0 saturated carbocycles. The standard InChI is InChI=1S/C26H32N4O4S/c1-19-7-6-8-20(15-19)17-27-25(31)18-30-24-16-21(35(33,34)28-12-4-5-13-28)10-11-22(24)29-14-3-2-9-23(29)26(30)32/h6-8,10-11,15-16,23H,2-5,9,12-14,17-18H2,1H3,(H,27,31). The van der Waals surface area contributed by atoms with E-state index >= 15 is 0 Å². The van der Waals surface area contributed by atoms with Crippen molar-refractivity contribution in [2.45, 2.75) is 56.5 Å². The Balaban J connectivity index is 1.43. The highest BCUT2D eigenvalue weighted by Crippen LogP contribution is 2.41. The normalized spacial score (nSPS) is 20.5. The van der Waals surface area contributed by atoms with Crippen molar-refractivity contribution in [1.82, 2.24) is 9.62 Å². The molecular weight excluding hydrogens is 464 g/mol. The van der Waals surface area contributed by atoms with Crippen molar-refractivity contribution in [2.75, 3.05) is 36.0 Å². The number of carbonyl (C=O) groups is 2. The first-order valence-electron chi connectivity index (χ1n) is 12.4. The fourth-order valence-corrected chi connectivity index (χ4v) is 6.90. The molecule has 35 heavy (non-hydrogen) atoms. The van der Waals surface area contributed by atoms with Crippen LogP contribution in [0.2, 0.25) is 0 Å². The number of fused-ring (bicyclic) bond motifs is 3. The molecule has 0 bridgehead atoms. The molecule has 0 aliphatic carbocycles. The second-order valence-electron chi connectivity index (χ2n) is 9.66. The number of sulfonamides is 1. The maximum Gasteiger partial charge on any atom is 0.250 e. The molecule has 2 fully saturated rings. The van der Waals surface area contributed by atoms with Gasteiger partial charge in [-0.15, -0.1) is 0 Å². The van der Waals surface area contributed by atoms with Crippen molar-refractivity contribution in [3.63, 3.8) is 0 Å². The lowest BCUT2D eigenvalue weighted by Gasteiger charge is -2.45. The molecular formula is C26H32N4O4S. The van der Waals surface area contributed by atoms with Gasteiger partial charge in [0.05, 0.1) is 16.3 Å². The molecule has 0 spiro atoms. The number of piperidine rings is 1. The van der Waals surface area contributed by atoms with Gasteiger partial charge < -0.3 is 10.2 Å². The molecule has 1 N–H and O–H groups in total. The third-order valence-corrected chi connectivity index (χ3v) is 9.07. The summed E-state index contributed by atoms with van der Waals surface area (Å²) in [6, 6.07) is 12.6. The van der Waals surface area contributed by atoms with Crippen molar-refractivity contribution in [1.29, 1.82) is 0 Å². The zero-order chi connectivity index (χ0) is 24.6. The third kappa shape index (κ3) is 4.67. The number of nitrogens with zero attached hydrogens (tertiary/aromatic N) is 3. The summed E-state index contributed by atoms with van der Waals surface area (Å²) in [5, 5.41) is 2.91. The molecule has 3 aliphatic heterocycles.